The van der Waals surface area contributed by atoms with Crippen LogP contribution >= 0.6 is 27.3 Å². The quantitative estimate of drug-likeness (QED) is 0.884. The van der Waals surface area contributed by atoms with Gasteiger partial charge in [-0.05, 0) is 25.5 Å². The Morgan fingerprint density at radius 3 is 2.79 bits per heavy atom. The molecule has 19 heavy (non-hydrogen) atoms. The minimum Gasteiger partial charge on any atom is -0.331 e. The minimum atomic E-state index is -0.252. The zero-order valence-electron chi connectivity index (χ0n) is 10.6. The number of benzene rings is 1. The highest BCUT2D eigenvalue weighted by Gasteiger charge is 2.12. The summed E-state index contributed by atoms with van der Waals surface area (Å²) in [5, 5.41) is 8.11. The van der Waals surface area contributed by atoms with Gasteiger partial charge in [-0.25, -0.2) is 9.78 Å². The topological polar surface area (TPSA) is 54.0 Å². The number of nitrogens with zero attached hydrogens (tertiary/aromatic N) is 1. The maximum atomic E-state index is 11.8. The lowest BCUT2D eigenvalue weighted by Gasteiger charge is -2.15. The smallest absolute Gasteiger partial charge is 0.321 e. The van der Waals surface area contributed by atoms with Gasteiger partial charge < -0.3 is 5.32 Å². The molecule has 1 aromatic carbocycles. The zero-order valence-corrected chi connectivity index (χ0v) is 13.0. The van der Waals surface area contributed by atoms with Crippen molar-refractivity contribution in [1.82, 2.24) is 10.3 Å². The number of halogens is 1. The second-order valence-electron chi connectivity index (χ2n) is 4.14. The number of nitrogens with one attached hydrogen (secondary N) is 2. The molecular weight excluding hydrogens is 326 g/mol. The number of rotatable bonds is 3. The molecule has 0 spiro atoms. The van der Waals surface area contributed by atoms with Crippen LogP contribution in [0.4, 0.5) is 9.93 Å². The van der Waals surface area contributed by atoms with Crippen molar-refractivity contribution in [2.24, 2.45) is 0 Å². The van der Waals surface area contributed by atoms with Crippen LogP contribution in [0.3, 0.4) is 0 Å². The second-order valence-corrected chi connectivity index (χ2v) is 5.85. The molecule has 2 amide bonds. The van der Waals surface area contributed by atoms with Gasteiger partial charge in [-0.2, -0.15) is 0 Å². The van der Waals surface area contributed by atoms with Crippen molar-refractivity contribution in [3.05, 3.63) is 45.4 Å². The zero-order chi connectivity index (χ0) is 13.8. The Morgan fingerprint density at radius 2 is 2.16 bits per heavy atom. The number of thiazole rings is 1. The Balaban J connectivity index is 1.97. The van der Waals surface area contributed by atoms with Crippen LogP contribution in [0.15, 0.2) is 34.1 Å². The number of aromatic nitrogens is 1. The van der Waals surface area contributed by atoms with E-state index >= 15 is 0 Å². The molecule has 0 saturated carbocycles. The molecule has 1 heterocycles. The Bertz CT molecular complexity index is 585. The van der Waals surface area contributed by atoms with Gasteiger partial charge in [0.2, 0.25) is 0 Å². The number of amides is 2. The average molecular weight is 340 g/mol. The van der Waals surface area contributed by atoms with Crippen LogP contribution in [-0.4, -0.2) is 11.0 Å². The van der Waals surface area contributed by atoms with Crippen LogP contribution in [0.25, 0.3) is 0 Å². The fraction of sp³-hybridized carbons (Fsp3) is 0.231. The third-order valence-electron chi connectivity index (χ3n) is 2.56. The van der Waals surface area contributed by atoms with Crippen LogP contribution in [-0.2, 0) is 0 Å². The summed E-state index contributed by atoms with van der Waals surface area (Å²) in [6.45, 7) is 3.83. The van der Waals surface area contributed by atoms with Crippen molar-refractivity contribution < 1.29 is 4.79 Å². The summed E-state index contributed by atoms with van der Waals surface area (Å²) in [7, 11) is 0. The lowest BCUT2D eigenvalue weighted by Crippen LogP contribution is -2.31. The molecule has 1 unspecified atom stereocenters. The Labute approximate surface area is 124 Å². The average Bonchev–Trinajstić information content (AvgIpc) is 2.74. The summed E-state index contributed by atoms with van der Waals surface area (Å²) in [6.07, 6.45) is 0. The van der Waals surface area contributed by atoms with E-state index in [1.165, 1.54) is 11.3 Å². The number of carbonyl (C=O) groups excluding carboxylic acids is 1. The van der Waals surface area contributed by atoms with Gasteiger partial charge >= 0.3 is 6.03 Å². The molecule has 2 aromatic rings. The van der Waals surface area contributed by atoms with Crippen molar-refractivity contribution in [3.8, 4) is 0 Å². The summed E-state index contributed by atoms with van der Waals surface area (Å²) in [6, 6.07) is 7.48. The molecule has 0 aliphatic carbocycles. The van der Waals surface area contributed by atoms with E-state index in [1.54, 1.807) is 0 Å². The first-order chi connectivity index (χ1) is 9.06. The number of hydrogen-bond donors (Lipinski definition) is 2. The van der Waals surface area contributed by atoms with E-state index in [0.717, 1.165) is 15.7 Å². The largest absolute Gasteiger partial charge is 0.331 e. The molecule has 0 bridgehead atoms. The van der Waals surface area contributed by atoms with Crippen molar-refractivity contribution in [3.63, 3.8) is 0 Å². The van der Waals surface area contributed by atoms with E-state index < -0.39 is 0 Å². The first kappa shape index (κ1) is 14.0. The van der Waals surface area contributed by atoms with Gasteiger partial charge in [0.1, 0.15) is 0 Å². The van der Waals surface area contributed by atoms with Gasteiger partial charge in [0.05, 0.1) is 11.7 Å². The Hall–Kier alpha value is -1.40. The van der Waals surface area contributed by atoms with Gasteiger partial charge in [0.15, 0.2) is 5.13 Å². The predicted octanol–water partition coefficient (Wildman–Crippen LogP) is 4.10. The summed E-state index contributed by atoms with van der Waals surface area (Å²) in [4.78, 5) is 16.0. The van der Waals surface area contributed by atoms with Crippen molar-refractivity contribution in [1.29, 1.82) is 0 Å². The SMILES string of the molecule is Cc1csc(NC(=O)NC(C)c2ccccc2Br)n1. The summed E-state index contributed by atoms with van der Waals surface area (Å²) >= 11 is 4.89. The first-order valence-electron chi connectivity index (χ1n) is 5.80. The Kier molecular flexibility index (Phi) is 4.55. The Morgan fingerprint density at radius 1 is 1.42 bits per heavy atom. The van der Waals surface area contributed by atoms with Gasteiger partial charge in [0, 0.05) is 9.85 Å². The van der Waals surface area contributed by atoms with Crippen LogP contribution in [0.2, 0.25) is 0 Å². The number of anilines is 1. The van der Waals surface area contributed by atoms with E-state index in [9.17, 15) is 4.79 Å². The van der Waals surface area contributed by atoms with Crippen LogP contribution in [0.1, 0.15) is 24.2 Å². The highest BCUT2D eigenvalue weighted by Crippen LogP contribution is 2.23. The molecular formula is C13H14BrN3OS. The maximum absolute atomic E-state index is 11.8. The molecule has 1 aromatic heterocycles. The molecule has 0 saturated heterocycles. The van der Waals surface area contributed by atoms with Gasteiger partial charge in [-0.15, -0.1) is 11.3 Å². The molecule has 2 N–H and O–H groups in total. The lowest BCUT2D eigenvalue weighted by molar-refractivity contribution is 0.249. The van der Waals surface area contributed by atoms with Crippen molar-refractivity contribution >= 4 is 38.4 Å². The molecule has 1 atom stereocenters. The van der Waals surface area contributed by atoms with Crippen LogP contribution < -0.4 is 10.6 Å². The standard InChI is InChI=1S/C13H14BrN3OS/c1-8-7-19-13(15-8)17-12(18)16-9(2)10-5-3-4-6-11(10)14/h3-7,9H,1-2H3,(H2,15,16,17,18). The minimum absolute atomic E-state index is 0.0864. The van der Waals surface area contributed by atoms with E-state index in [2.05, 4.69) is 31.5 Å². The summed E-state index contributed by atoms with van der Waals surface area (Å²) in [5.74, 6) is 0. The third kappa shape index (κ3) is 3.78. The van der Waals surface area contributed by atoms with E-state index in [0.29, 0.717) is 5.13 Å². The number of urea groups is 1. The van der Waals surface area contributed by atoms with Crippen LogP contribution in [0, 0.1) is 6.92 Å². The van der Waals surface area contributed by atoms with Gasteiger partial charge in [-0.1, -0.05) is 34.1 Å². The van der Waals surface area contributed by atoms with E-state index in [1.807, 2.05) is 43.5 Å². The van der Waals surface area contributed by atoms with Gasteiger partial charge in [-0.3, -0.25) is 5.32 Å². The monoisotopic (exact) mass is 339 g/mol. The van der Waals surface area contributed by atoms with Crippen molar-refractivity contribution in [2.75, 3.05) is 5.32 Å². The number of aryl methyl sites for hydroxylation is 1. The van der Waals surface area contributed by atoms with Gasteiger partial charge in [0.25, 0.3) is 0 Å². The highest BCUT2D eigenvalue weighted by molar-refractivity contribution is 9.10. The predicted molar refractivity (Wildman–Crippen MR) is 81.6 cm³/mol. The van der Waals surface area contributed by atoms with E-state index in [-0.39, 0.29) is 12.1 Å². The number of hydrogen-bond acceptors (Lipinski definition) is 3. The molecule has 6 heteroatoms. The third-order valence-corrected chi connectivity index (χ3v) is 4.16. The lowest BCUT2D eigenvalue weighted by atomic mass is 10.1. The molecule has 0 aliphatic rings. The van der Waals surface area contributed by atoms with Crippen LogP contribution in [0.5, 0.6) is 0 Å². The van der Waals surface area contributed by atoms with Crippen molar-refractivity contribution in [2.45, 2.75) is 19.9 Å². The highest BCUT2D eigenvalue weighted by atomic mass is 79.9. The fourth-order valence-electron chi connectivity index (χ4n) is 1.65. The molecule has 0 radical (unpaired) electrons. The number of carbonyl (C=O) groups is 1. The molecule has 4 nitrogen and oxygen atoms in total. The fourth-order valence-corrected chi connectivity index (χ4v) is 2.96. The van der Waals surface area contributed by atoms with E-state index in [4.69, 9.17) is 0 Å². The molecule has 2 rings (SSSR count). The second kappa shape index (κ2) is 6.16. The maximum Gasteiger partial charge on any atom is 0.321 e. The molecule has 100 valence electrons. The molecule has 0 fully saturated rings. The normalized spacial score (nSPS) is 11.9. The molecule has 0 aliphatic heterocycles. The first-order valence-corrected chi connectivity index (χ1v) is 7.47. The summed E-state index contributed by atoms with van der Waals surface area (Å²) in [5.41, 5.74) is 1.94. The summed E-state index contributed by atoms with van der Waals surface area (Å²) < 4.78 is 0.980.